The highest BCUT2D eigenvalue weighted by Gasteiger charge is 2.26. The normalized spacial score (nSPS) is 19.4. The maximum atomic E-state index is 12.5. The third-order valence-corrected chi connectivity index (χ3v) is 5.57. The third-order valence-electron chi connectivity index (χ3n) is 5.57. The van der Waals surface area contributed by atoms with Gasteiger partial charge in [0.2, 0.25) is 5.91 Å². The van der Waals surface area contributed by atoms with E-state index in [9.17, 15) is 4.79 Å². The van der Waals surface area contributed by atoms with E-state index in [1.165, 1.54) is 25.7 Å². The van der Waals surface area contributed by atoms with Gasteiger partial charge in [-0.2, -0.15) is 0 Å². The highest BCUT2D eigenvalue weighted by Crippen LogP contribution is 2.33. The van der Waals surface area contributed by atoms with Crippen LogP contribution in [0.3, 0.4) is 0 Å². The molecule has 1 saturated heterocycles. The van der Waals surface area contributed by atoms with E-state index < -0.39 is 0 Å². The fourth-order valence-electron chi connectivity index (χ4n) is 4.05. The van der Waals surface area contributed by atoms with Crippen molar-refractivity contribution < 1.29 is 4.79 Å². The van der Waals surface area contributed by atoms with Crippen LogP contribution in [0.4, 0.5) is 0 Å². The highest BCUT2D eigenvalue weighted by molar-refractivity contribution is 5.78. The van der Waals surface area contributed by atoms with Gasteiger partial charge in [0.05, 0.1) is 18.2 Å². The Balaban J connectivity index is 1.31. The molecule has 0 N–H and O–H groups in total. The summed E-state index contributed by atoms with van der Waals surface area (Å²) in [4.78, 5) is 18.5. The molecule has 2 fully saturated rings. The topological polar surface area (TPSA) is 63.9 Å². The first-order valence-corrected chi connectivity index (χ1v) is 9.38. The van der Waals surface area contributed by atoms with E-state index in [0.717, 1.165) is 37.2 Å². The molecular formula is C19H25N5O. The molecule has 2 aromatic heterocycles. The summed E-state index contributed by atoms with van der Waals surface area (Å²) >= 11 is 0. The zero-order valence-electron chi connectivity index (χ0n) is 14.5. The van der Waals surface area contributed by atoms with Crippen molar-refractivity contribution in [1.29, 1.82) is 0 Å². The van der Waals surface area contributed by atoms with Crippen LogP contribution in [0.1, 0.15) is 61.7 Å². The Hall–Kier alpha value is -2.24. The number of piperidine rings is 1. The number of amides is 1. The molecule has 0 spiro atoms. The van der Waals surface area contributed by atoms with Crippen molar-refractivity contribution in [3.8, 4) is 0 Å². The van der Waals surface area contributed by atoms with E-state index in [2.05, 4.69) is 21.5 Å². The van der Waals surface area contributed by atoms with E-state index >= 15 is 0 Å². The molecule has 0 unspecified atom stereocenters. The zero-order valence-corrected chi connectivity index (χ0v) is 14.5. The predicted octanol–water partition coefficient (Wildman–Crippen LogP) is 2.74. The van der Waals surface area contributed by atoms with Gasteiger partial charge in [0.15, 0.2) is 0 Å². The van der Waals surface area contributed by atoms with Crippen molar-refractivity contribution in [2.45, 2.75) is 56.9 Å². The maximum Gasteiger partial charge on any atom is 0.227 e. The first-order valence-electron chi connectivity index (χ1n) is 9.38. The molecule has 1 saturated carbocycles. The van der Waals surface area contributed by atoms with Crippen LogP contribution < -0.4 is 0 Å². The molecule has 6 heteroatoms. The fourth-order valence-corrected chi connectivity index (χ4v) is 4.05. The second-order valence-corrected chi connectivity index (χ2v) is 7.25. The number of aromatic nitrogens is 4. The molecule has 1 aliphatic heterocycles. The van der Waals surface area contributed by atoms with Crippen LogP contribution in [0.25, 0.3) is 0 Å². The molecular weight excluding hydrogens is 314 g/mol. The minimum atomic E-state index is 0.191. The van der Waals surface area contributed by atoms with Gasteiger partial charge in [0.1, 0.15) is 0 Å². The number of pyridine rings is 1. The van der Waals surface area contributed by atoms with Gasteiger partial charge in [-0.3, -0.25) is 9.78 Å². The number of hydrogen-bond donors (Lipinski definition) is 0. The number of hydrogen-bond acceptors (Lipinski definition) is 4. The molecule has 0 atom stereocenters. The van der Waals surface area contributed by atoms with Crippen molar-refractivity contribution in [2.75, 3.05) is 13.1 Å². The average molecular weight is 339 g/mol. The molecule has 0 bridgehead atoms. The summed E-state index contributed by atoms with van der Waals surface area (Å²) in [6.07, 6.45) is 13.1. The number of rotatable bonds is 4. The van der Waals surface area contributed by atoms with Crippen LogP contribution in [0, 0.1) is 0 Å². The molecule has 0 radical (unpaired) electrons. The van der Waals surface area contributed by atoms with Gasteiger partial charge >= 0.3 is 0 Å². The summed E-state index contributed by atoms with van der Waals surface area (Å²) in [5, 5.41) is 8.79. The first kappa shape index (κ1) is 16.2. The van der Waals surface area contributed by atoms with Crippen molar-refractivity contribution >= 4 is 5.91 Å². The molecule has 25 heavy (non-hydrogen) atoms. The lowest BCUT2D eigenvalue weighted by molar-refractivity contribution is -0.131. The van der Waals surface area contributed by atoms with E-state index in [-0.39, 0.29) is 5.91 Å². The SMILES string of the molecule is O=C(Cc1cccnc1)N1CCC(n2cc(C3CCCC3)nn2)CC1. The first-order chi connectivity index (χ1) is 12.3. The minimum Gasteiger partial charge on any atom is -0.342 e. The number of carbonyl (C=O) groups excluding carboxylic acids is 1. The molecule has 132 valence electrons. The van der Waals surface area contributed by atoms with Gasteiger partial charge in [-0.05, 0) is 37.3 Å². The lowest BCUT2D eigenvalue weighted by atomic mass is 10.0. The van der Waals surface area contributed by atoms with Gasteiger partial charge in [0.25, 0.3) is 0 Å². The summed E-state index contributed by atoms with van der Waals surface area (Å²) < 4.78 is 2.04. The summed E-state index contributed by atoms with van der Waals surface area (Å²) in [5.74, 6) is 0.798. The molecule has 2 aromatic rings. The largest absolute Gasteiger partial charge is 0.342 e. The summed E-state index contributed by atoms with van der Waals surface area (Å²) in [7, 11) is 0. The summed E-state index contributed by atoms with van der Waals surface area (Å²) in [6.45, 7) is 1.59. The molecule has 1 aliphatic carbocycles. The van der Waals surface area contributed by atoms with Crippen molar-refractivity contribution in [3.63, 3.8) is 0 Å². The minimum absolute atomic E-state index is 0.191. The van der Waals surface area contributed by atoms with Crippen LogP contribution in [0.5, 0.6) is 0 Å². The second kappa shape index (κ2) is 7.33. The molecule has 4 rings (SSSR count). The van der Waals surface area contributed by atoms with Crippen LogP contribution in [-0.4, -0.2) is 43.9 Å². The van der Waals surface area contributed by atoms with Gasteiger partial charge in [0, 0.05) is 37.6 Å². The van der Waals surface area contributed by atoms with Crippen LogP contribution >= 0.6 is 0 Å². The Morgan fingerprint density at radius 2 is 1.96 bits per heavy atom. The number of likely N-dealkylation sites (tertiary alicyclic amines) is 1. The lowest BCUT2D eigenvalue weighted by Gasteiger charge is -2.32. The standard InChI is InChI=1S/C19H25N5O/c25-19(12-15-4-3-9-20-13-15)23-10-7-17(8-11-23)24-14-18(21-22-24)16-5-1-2-6-16/h3-4,9,13-14,16-17H,1-2,5-8,10-12H2. The average Bonchev–Trinajstić information content (AvgIpc) is 3.34. The number of nitrogens with zero attached hydrogens (tertiary/aromatic N) is 5. The maximum absolute atomic E-state index is 12.5. The van der Waals surface area contributed by atoms with Crippen molar-refractivity contribution in [3.05, 3.63) is 42.0 Å². The van der Waals surface area contributed by atoms with Gasteiger partial charge in [-0.1, -0.05) is 24.1 Å². The van der Waals surface area contributed by atoms with E-state index in [4.69, 9.17) is 0 Å². The molecule has 1 amide bonds. The Kier molecular flexibility index (Phi) is 4.76. The quantitative estimate of drug-likeness (QED) is 0.859. The molecule has 0 aromatic carbocycles. The zero-order chi connectivity index (χ0) is 17.1. The predicted molar refractivity (Wildman–Crippen MR) is 94.0 cm³/mol. The Morgan fingerprint density at radius 1 is 1.16 bits per heavy atom. The van der Waals surface area contributed by atoms with Gasteiger partial charge in [-0.15, -0.1) is 5.10 Å². The van der Waals surface area contributed by atoms with Crippen molar-refractivity contribution in [1.82, 2.24) is 24.9 Å². The monoisotopic (exact) mass is 339 g/mol. The molecule has 2 aliphatic rings. The van der Waals surface area contributed by atoms with Crippen LogP contribution in [0.2, 0.25) is 0 Å². The third kappa shape index (κ3) is 3.72. The second-order valence-electron chi connectivity index (χ2n) is 7.25. The van der Waals surface area contributed by atoms with Crippen LogP contribution in [-0.2, 0) is 11.2 Å². The van der Waals surface area contributed by atoms with E-state index in [1.54, 1.807) is 12.4 Å². The van der Waals surface area contributed by atoms with E-state index in [0.29, 0.717) is 18.4 Å². The summed E-state index contributed by atoms with van der Waals surface area (Å²) in [5.41, 5.74) is 2.14. The Morgan fingerprint density at radius 3 is 2.68 bits per heavy atom. The van der Waals surface area contributed by atoms with Gasteiger partial charge in [-0.25, -0.2) is 4.68 Å². The van der Waals surface area contributed by atoms with Crippen molar-refractivity contribution in [2.24, 2.45) is 0 Å². The van der Waals surface area contributed by atoms with Gasteiger partial charge < -0.3 is 4.90 Å². The lowest BCUT2D eigenvalue weighted by Crippen LogP contribution is -2.40. The summed E-state index contributed by atoms with van der Waals surface area (Å²) in [6, 6.07) is 4.20. The van der Waals surface area contributed by atoms with E-state index in [1.807, 2.05) is 21.7 Å². The van der Waals surface area contributed by atoms with Crippen LogP contribution in [0.15, 0.2) is 30.7 Å². The fraction of sp³-hybridized carbons (Fsp3) is 0.579. The Bertz CT molecular complexity index is 700. The molecule has 3 heterocycles. The highest BCUT2D eigenvalue weighted by atomic mass is 16.2. The Labute approximate surface area is 148 Å². The number of carbonyl (C=O) groups is 1. The smallest absolute Gasteiger partial charge is 0.227 e. The molecule has 6 nitrogen and oxygen atoms in total.